The third-order valence-corrected chi connectivity index (χ3v) is 4.26. The Bertz CT molecular complexity index is 681. The molecule has 0 saturated heterocycles. The van der Waals surface area contributed by atoms with Crippen LogP contribution in [0.5, 0.6) is 0 Å². The number of fused-ring (bicyclic) bond motifs is 1. The fourth-order valence-corrected chi connectivity index (χ4v) is 3.13. The van der Waals surface area contributed by atoms with Gasteiger partial charge in [0.15, 0.2) is 0 Å². The lowest BCUT2D eigenvalue weighted by Crippen LogP contribution is -2.27. The van der Waals surface area contributed by atoms with Crippen LogP contribution in [0.2, 0.25) is 0 Å². The number of nitrogens with zero attached hydrogens (tertiary/aromatic N) is 3. The van der Waals surface area contributed by atoms with Crippen molar-refractivity contribution in [3.05, 3.63) is 47.2 Å². The first-order chi connectivity index (χ1) is 11.6. The Morgan fingerprint density at radius 2 is 1.81 bits per heavy atom. The first kappa shape index (κ1) is 22.4. The maximum Gasteiger partial charge on any atom is 0.222 e. The first-order valence-corrected chi connectivity index (χ1v) is 8.45. The summed E-state index contributed by atoms with van der Waals surface area (Å²) in [5.74, 6) is 1.21. The van der Waals surface area contributed by atoms with Crippen molar-refractivity contribution in [3.8, 4) is 0 Å². The van der Waals surface area contributed by atoms with E-state index in [9.17, 15) is 0 Å². The molecule has 0 bridgehead atoms. The smallest absolute Gasteiger partial charge is 0.222 e. The summed E-state index contributed by atoms with van der Waals surface area (Å²) in [7, 11) is 4.16. The van der Waals surface area contributed by atoms with Gasteiger partial charge in [-0.25, -0.2) is 4.98 Å². The zero-order valence-corrected chi connectivity index (χ0v) is 16.9. The minimum Gasteiger partial charge on any atom is -0.368 e. The van der Waals surface area contributed by atoms with Crippen LogP contribution in [0.3, 0.4) is 0 Å². The molecule has 1 aliphatic heterocycles. The summed E-state index contributed by atoms with van der Waals surface area (Å²) in [6, 6.07) is 10.6. The van der Waals surface area contributed by atoms with E-state index in [0.717, 1.165) is 44.0 Å². The summed E-state index contributed by atoms with van der Waals surface area (Å²) in [4.78, 5) is 11.1. The van der Waals surface area contributed by atoms with Crippen LogP contribution in [-0.2, 0) is 12.8 Å². The number of likely N-dealkylation sites (N-methyl/N-ethyl adjacent to an activating group) is 1. The van der Waals surface area contributed by atoms with E-state index in [1.807, 2.05) is 6.07 Å². The summed E-state index contributed by atoms with van der Waals surface area (Å²) in [6.45, 7) is 2.75. The van der Waals surface area contributed by atoms with E-state index in [1.54, 1.807) is 0 Å². The van der Waals surface area contributed by atoms with Gasteiger partial charge in [-0.3, -0.25) is 0 Å². The van der Waals surface area contributed by atoms with Crippen molar-refractivity contribution >= 4 is 36.6 Å². The highest BCUT2D eigenvalue weighted by Gasteiger charge is 2.19. The summed E-state index contributed by atoms with van der Waals surface area (Å²) in [5.41, 5.74) is 9.45. The third kappa shape index (κ3) is 5.71. The van der Waals surface area contributed by atoms with Crippen LogP contribution < -0.4 is 16.4 Å². The molecule has 3 rings (SSSR count). The Morgan fingerprint density at radius 3 is 2.50 bits per heavy atom. The SMILES string of the molecule is CN(C)CC(Nc1nc(N)nc2c1CCNCC2)c1ccccc1.Cl.Cl. The van der Waals surface area contributed by atoms with E-state index < -0.39 is 0 Å². The fraction of sp³-hybridized carbons (Fsp3) is 0.444. The highest BCUT2D eigenvalue weighted by Crippen LogP contribution is 2.25. The van der Waals surface area contributed by atoms with Crippen LogP contribution >= 0.6 is 24.8 Å². The molecule has 1 atom stereocenters. The Morgan fingerprint density at radius 1 is 1.12 bits per heavy atom. The van der Waals surface area contributed by atoms with Gasteiger partial charge < -0.3 is 21.3 Å². The molecule has 8 heteroatoms. The number of benzene rings is 1. The van der Waals surface area contributed by atoms with E-state index in [-0.39, 0.29) is 30.9 Å². The Hall–Kier alpha value is -1.60. The Kier molecular flexibility index (Phi) is 9.08. The number of anilines is 2. The molecule has 0 saturated carbocycles. The van der Waals surface area contributed by atoms with E-state index >= 15 is 0 Å². The molecule has 1 unspecified atom stereocenters. The van der Waals surface area contributed by atoms with Gasteiger partial charge in [0.1, 0.15) is 5.82 Å². The van der Waals surface area contributed by atoms with E-state index in [2.05, 4.69) is 63.9 Å². The molecule has 1 aromatic carbocycles. The first-order valence-electron chi connectivity index (χ1n) is 8.45. The molecular weight excluding hydrogens is 371 g/mol. The van der Waals surface area contributed by atoms with Crippen LogP contribution in [0.25, 0.3) is 0 Å². The second-order valence-corrected chi connectivity index (χ2v) is 6.48. The number of rotatable bonds is 5. The predicted molar refractivity (Wildman–Crippen MR) is 113 cm³/mol. The van der Waals surface area contributed by atoms with Crippen molar-refractivity contribution in [3.63, 3.8) is 0 Å². The topological polar surface area (TPSA) is 79.1 Å². The lowest BCUT2D eigenvalue weighted by Gasteiger charge is -2.25. The van der Waals surface area contributed by atoms with Crippen LogP contribution in [-0.4, -0.2) is 48.6 Å². The highest BCUT2D eigenvalue weighted by atomic mass is 35.5. The van der Waals surface area contributed by atoms with Crippen LogP contribution in [0.1, 0.15) is 22.9 Å². The average Bonchev–Trinajstić information content (AvgIpc) is 2.80. The predicted octanol–water partition coefficient (Wildman–Crippen LogP) is 2.31. The van der Waals surface area contributed by atoms with E-state index in [4.69, 9.17) is 5.73 Å². The maximum atomic E-state index is 5.96. The van der Waals surface area contributed by atoms with Crippen LogP contribution in [0.4, 0.5) is 11.8 Å². The summed E-state index contributed by atoms with van der Waals surface area (Å²) < 4.78 is 0. The molecule has 1 aliphatic rings. The van der Waals surface area contributed by atoms with Crippen LogP contribution in [0.15, 0.2) is 30.3 Å². The Balaban J connectivity index is 0.00000169. The third-order valence-electron chi connectivity index (χ3n) is 4.26. The standard InChI is InChI=1S/C18H26N6.2ClH/c1-24(2)12-16(13-6-4-3-5-7-13)21-17-14-8-10-20-11-9-15(14)22-18(19)23-17;;/h3-7,16,20H,8-12H2,1-2H3,(H3,19,21,22,23);2*1H. The molecule has 144 valence electrons. The second kappa shape index (κ2) is 10.5. The summed E-state index contributed by atoms with van der Waals surface area (Å²) in [6.07, 6.45) is 1.81. The molecule has 0 amide bonds. The molecule has 26 heavy (non-hydrogen) atoms. The van der Waals surface area contributed by atoms with Gasteiger partial charge in [0.2, 0.25) is 5.95 Å². The maximum absolute atomic E-state index is 5.96. The molecule has 6 nitrogen and oxygen atoms in total. The van der Waals surface area contributed by atoms with Gasteiger partial charge in [-0.2, -0.15) is 4.98 Å². The van der Waals surface area contributed by atoms with Gasteiger partial charge in [-0.05, 0) is 32.6 Å². The molecule has 2 heterocycles. The minimum atomic E-state index is 0. The lowest BCUT2D eigenvalue weighted by molar-refractivity contribution is 0.386. The van der Waals surface area contributed by atoms with Gasteiger partial charge >= 0.3 is 0 Å². The number of hydrogen-bond acceptors (Lipinski definition) is 6. The van der Waals surface area contributed by atoms with Crippen molar-refractivity contribution in [1.29, 1.82) is 0 Å². The molecule has 0 fully saturated rings. The second-order valence-electron chi connectivity index (χ2n) is 6.48. The van der Waals surface area contributed by atoms with Gasteiger partial charge in [-0.1, -0.05) is 30.3 Å². The average molecular weight is 399 g/mol. The normalized spacial score (nSPS) is 14.4. The summed E-state index contributed by atoms with van der Waals surface area (Å²) in [5, 5.41) is 7.04. The summed E-state index contributed by atoms with van der Waals surface area (Å²) >= 11 is 0. The monoisotopic (exact) mass is 398 g/mol. The number of aromatic nitrogens is 2. The van der Waals surface area contributed by atoms with E-state index in [1.165, 1.54) is 11.1 Å². The zero-order valence-electron chi connectivity index (χ0n) is 15.2. The quantitative estimate of drug-likeness (QED) is 0.716. The van der Waals surface area contributed by atoms with Gasteiger partial charge in [0.25, 0.3) is 0 Å². The zero-order chi connectivity index (χ0) is 16.9. The molecule has 2 aromatic rings. The van der Waals surface area contributed by atoms with Gasteiger partial charge in [-0.15, -0.1) is 24.8 Å². The number of hydrogen-bond donors (Lipinski definition) is 3. The van der Waals surface area contributed by atoms with Gasteiger partial charge in [0.05, 0.1) is 11.7 Å². The molecule has 0 aliphatic carbocycles. The molecule has 0 spiro atoms. The van der Waals surface area contributed by atoms with Crippen molar-refractivity contribution in [2.24, 2.45) is 0 Å². The van der Waals surface area contributed by atoms with Crippen LogP contribution in [0, 0.1) is 0 Å². The Labute approximate surface area is 167 Å². The molecular formula is C18H28Cl2N6. The molecule has 4 N–H and O–H groups in total. The van der Waals surface area contributed by atoms with Crippen molar-refractivity contribution in [2.45, 2.75) is 18.9 Å². The van der Waals surface area contributed by atoms with E-state index in [0.29, 0.717) is 5.95 Å². The number of nitrogens with one attached hydrogen (secondary N) is 2. The fourth-order valence-electron chi connectivity index (χ4n) is 3.13. The van der Waals surface area contributed by atoms with Crippen molar-refractivity contribution in [2.75, 3.05) is 44.8 Å². The number of nitrogen functional groups attached to an aromatic ring is 1. The highest BCUT2D eigenvalue weighted by molar-refractivity contribution is 5.85. The van der Waals surface area contributed by atoms with Gasteiger partial charge in [0, 0.05) is 25.1 Å². The van der Waals surface area contributed by atoms with Crippen molar-refractivity contribution in [1.82, 2.24) is 20.2 Å². The minimum absolute atomic E-state index is 0. The number of nitrogens with two attached hydrogens (primary N) is 1. The van der Waals surface area contributed by atoms with Crippen molar-refractivity contribution < 1.29 is 0 Å². The molecule has 1 aromatic heterocycles. The number of halogens is 2. The molecule has 0 radical (unpaired) electrons. The lowest BCUT2D eigenvalue weighted by atomic mass is 10.0. The largest absolute Gasteiger partial charge is 0.368 e.